The van der Waals surface area contributed by atoms with E-state index in [2.05, 4.69) is 16.8 Å². The smallest absolute Gasteiger partial charge is 0.307 e. The molecule has 82 valence electrons. The lowest BCUT2D eigenvalue weighted by atomic mass is 10.0. The molecule has 0 bridgehead atoms. The number of carbonyl (C=O) groups is 1. The molecule has 1 aromatic heterocycles. The lowest BCUT2D eigenvalue weighted by Crippen LogP contribution is -2.00. The van der Waals surface area contributed by atoms with E-state index in [1.165, 1.54) is 5.56 Å². The van der Waals surface area contributed by atoms with Gasteiger partial charge in [-0.05, 0) is 39.9 Å². The molecule has 16 heavy (non-hydrogen) atoms. The lowest BCUT2D eigenvalue weighted by molar-refractivity contribution is -0.136. The van der Waals surface area contributed by atoms with Crippen LogP contribution in [-0.4, -0.2) is 11.1 Å². The van der Waals surface area contributed by atoms with Crippen LogP contribution in [0.2, 0.25) is 0 Å². The van der Waals surface area contributed by atoms with Crippen LogP contribution in [0.5, 0.6) is 0 Å². The minimum absolute atomic E-state index is 0.0947. The van der Waals surface area contributed by atoms with Crippen LogP contribution in [0.4, 0.5) is 0 Å². The second-order valence-electron chi connectivity index (χ2n) is 3.70. The largest absolute Gasteiger partial charge is 0.481 e. The molecule has 0 amide bonds. The van der Waals surface area contributed by atoms with Crippen LogP contribution in [-0.2, 0) is 17.6 Å². The second kappa shape index (κ2) is 4.94. The van der Waals surface area contributed by atoms with Crippen molar-refractivity contribution in [2.45, 2.75) is 12.8 Å². The predicted octanol–water partition coefficient (Wildman–Crippen LogP) is 2.97. The minimum Gasteiger partial charge on any atom is -0.481 e. The van der Waals surface area contributed by atoms with Crippen molar-refractivity contribution in [2.24, 2.45) is 0 Å². The highest BCUT2D eigenvalue weighted by atomic mass is 32.1. The minimum atomic E-state index is -0.785. The van der Waals surface area contributed by atoms with Gasteiger partial charge in [-0.1, -0.05) is 24.3 Å². The van der Waals surface area contributed by atoms with Gasteiger partial charge in [0.05, 0.1) is 6.42 Å². The summed E-state index contributed by atoms with van der Waals surface area (Å²) < 4.78 is 0. The molecule has 3 heteroatoms. The number of benzene rings is 1. The van der Waals surface area contributed by atoms with Gasteiger partial charge in [0.25, 0.3) is 0 Å². The third-order valence-electron chi connectivity index (χ3n) is 2.34. The Hall–Kier alpha value is -1.61. The Morgan fingerprint density at radius 1 is 1.19 bits per heavy atom. The molecule has 1 aromatic carbocycles. The zero-order valence-electron chi connectivity index (χ0n) is 8.72. The van der Waals surface area contributed by atoms with Gasteiger partial charge < -0.3 is 5.11 Å². The normalized spacial score (nSPS) is 10.2. The number of hydrogen-bond acceptors (Lipinski definition) is 2. The van der Waals surface area contributed by atoms with Crippen molar-refractivity contribution >= 4 is 17.3 Å². The van der Waals surface area contributed by atoms with Gasteiger partial charge in [-0.25, -0.2) is 0 Å². The second-order valence-corrected chi connectivity index (χ2v) is 4.48. The molecule has 1 heterocycles. The van der Waals surface area contributed by atoms with E-state index in [9.17, 15) is 4.79 Å². The van der Waals surface area contributed by atoms with Crippen LogP contribution < -0.4 is 0 Å². The summed E-state index contributed by atoms with van der Waals surface area (Å²) in [7, 11) is 0. The SMILES string of the molecule is O=C(O)Cc1cccc(Cc2ccsc2)c1. The molecule has 0 unspecified atom stereocenters. The molecule has 0 aliphatic rings. The van der Waals surface area contributed by atoms with Gasteiger partial charge in [0.2, 0.25) is 0 Å². The summed E-state index contributed by atoms with van der Waals surface area (Å²) in [6, 6.07) is 9.86. The molecule has 0 saturated carbocycles. The number of carboxylic acid groups (broad SMARTS) is 1. The van der Waals surface area contributed by atoms with Gasteiger partial charge in [-0.2, -0.15) is 11.3 Å². The van der Waals surface area contributed by atoms with Crippen LogP contribution in [0.1, 0.15) is 16.7 Å². The van der Waals surface area contributed by atoms with E-state index in [1.807, 2.05) is 24.3 Å². The van der Waals surface area contributed by atoms with Crippen LogP contribution in [0.25, 0.3) is 0 Å². The Morgan fingerprint density at radius 3 is 2.69 bits per heavy atom. The van der Waals surface area contributed by atoms with Gasteiger partial charge in [-0.3, -0.25) is 4.79 Å². The van der Waals surface area contributed by atoms with Crippen LogP contribution in [0.15, 0.2) is 41.1 Å². The van der Waals surface area contributed by atoms with Crippen molar-refractivity contribution in [1.82, 2.24) is 0 Å². The Balaban J connectivity index is 2.13. The zero-order chi connectivity index (χ0) is 11.4. The molecule has 0 fully saturated rings. The number of thiophene rings is 1. The Morgan fingerprint density at radius 2 is 2.00 bits per heavy atom. The van der Waals surface area contributed by atoms with E-state index in [0.29, 0.717) is 0 Å². The maximum Gasteiger partial charge on any atom is 0.307 e. The van der Waals surface area contributed by atoms with Crippen molar-refractivity contribution in [1.29, 1.82) is 0 Å². The summed E-state index contributed by atoms with van der Waals surface area (Å²) in [6.45, 7) is 0. The Bertz CT molecular complexity index is 474. The summed E-state index contributed by atoms with van der Waals surface area (Å²) in [4.78, 5) is 10.6. The van der Waals surface area contributed by atoms with E-state index < -0.39 is 5.97 Å². The quantitative estimate of drug-likeness (QED) is 0.880. The van der Waals surface area contributed by atoms with Crippen molar-refractivity contribution < 1.29 is 9.90 Å². The molecular formula is C13H12O2S. The first-order chi connectivity index (χ1) is 7.74. The first kappa shape index (κ1) is 10.9. The summed E-state index contributed by atoms with van der Waals surface area (Å²) in [5, 5.41) is 12.9. The lowest BCUT2D eigenvalue weighted by Gasteiger charge is -2.02. The molecule has 0 radical (unpaired) electrons. The fourth-order valence-electron chi connectivity index (χ4n) is 1.65. The number of hydrogen-bond donors (Lipinski definition) is 1. The molecule has 1 N–H and O–H groups in total. The van der Waals surface area contributed by atoms with Gasteiger partial charge in [-0.15, -0.1) is 0 Å². The maximum atomic E-state index is 10.6. The molecule has 0 aliphatic heterocycles. The average molecular weight is 232 g/mol. The Kier molecular flexibility index (Phi) is 3.37. The van der Waals surface area contributed by atoms with Gasteiger partial charge in [0.1, 0.15) is 0 Å². The van der Waals surface area contributed by atoms with E-state index in [1.54, 1.807) is 11.3 Å². The van der Waals surface area contributed by atoms with Gasteiger partial charge >= 0.3 is 5.97 Å². The molecule has 2 aromatic rings. The molecule has 0 atom stereocenters. The molecule has 2 rings (SSSR count). The zero-order valence-corrected chi connectivity index (χ0v) is 9.54. The highest BCUT2D eigenvalue weighted by Crippen LogP contribution is 2.14. The van der Waals surface area contributed by atoms with E-state index in [4.69, 9.17) is 5.11 Å². The Labute approximate surface area is 98.2 Å². The topological polar surface area (TPSA) is 37.3 Å². The fourth-order valence-corrected chi connectivity index (χ4v) is 2.32. The van der Waals surface area contributed by atoms with E-state index >= 15 is 0 Å². The number of rotatable bonds is 4. The third kappa shape index (κ3) is 2.94. The monoisotopic (exact) mass is 232 g/mol. The highest BCUT2D eigenvalue weighted by molar-refractivity contribution is 7.07. The standard InChI is InChI=1S/C13H12O2S/c14-13(15)8-11-3-1-2-10(6-11)7-12-4-5-16-9-12/h1-6,9H,7-8H2,(H,14,15). The first-order valence-electron chi connectivity index (χ1n) is 5.05. The molecule has 0 saturated heterocycles. The first-order valence-corrected chi connectivity index (χ1v) is 5.99. The van der Waals surface area contributed by atoms with Crippen LogP contribution >= 0.6 is 11.3 Å². The van der Waals surface area contributed by atoms with Crippen molar-refractivity contribution in [3.8, 4) is 0 Å². The number of aliphatic carboxylic acids is 1. The summed E-state index contributed by atoms with van der Waals surface area (Å²) in [5.41, 5.74) is 3.30. The van der Waals surface area contributed by atoms with Crippen molar-refractivity contribution in [3.05, 3.63) is 57.8 Å². The van der Waals surface area contributed by atoms with Crippen molar-refractivity contribution in [2.75, 3.05) is 0 Å². The maximum absolute atomic E-state index is 10.6. The average Bonchev–Trinajstić information content (AvgIpc) is 2.70. The van der Waals surface area contributed by atoms with E-state index in [-0.39, 0.29) is 6.42 Å². The summed E-state index contributed by atoms with van der Waals surface area (Å²) in [5.74, 6) is -0.785. The molecule has 0 spiro atoms. The van der Waals surface area contributed by atoms with Gasteiger partial charge in [0.15, 0.2) is 0 Å². The summed E-state index contributed by atoms with van der Waals surface area (Å²) in [6.07, 6.45) is 0.967. The summed E-state index contributed by atoms with van der Waals surface area (Å²) >= 11 is 1.68. The third-order valence-corrected chi connectivity index (χ3v) is 3.07. The van der Waals surface area contributed by atoms with Crippen LogP contribution in [0.3, 0.4) is 0 Å². The molecular weight excluding hydrogens is 220 g/mol. The number of carboxylic acids is 1. The molecule has 0 aliphatic carbocycles. The van der Waals surface area contributed by atoms with Gasteiger partial charge in [0, 0.05) is 0 Å². The van der Waals surface area contributed by atoms with Crippen molar-refractivity contribution in [3.63, 3.8) is 0 Å². The van der Waals surface area contributed by atoms with E-state index in [0.717, 1.165) is 17.5 Å². The molecule has 2 nitrogen and oxygen atoms in total. The highest BCUT2D eigenvalue weighted by Gasteiger charge is 2.02. The van der Waals surface area contributed by atoms with Crippen LogP contribution in [0, 0.1) is 0 Å². The fraction of sp³-hybridized carbons (Fsp3) is 0.154. The predicted molar refractivity (Wildman–Crippen MR) is 64.9 cm³/mol.